The molecule has 0 radical (unpaired) electrons. The molecule has 2 unspecified atom stereocenters. The first-order valence-electron chi connectivity index (χ1n) is 7.26. The summed E-state index contributed by atoms with van der Waals surface area (Å²) in [5, 5.41) is 3.20. The van der Waals surface area contributed by atoms with Crippen LogP contribution in [0.2, 0.25) is 0 Å². The van der Waals surface area contributed by atoms with Crippen molar-refractivity contribution in [2.75, 3.05) is 38.7 Å². The van der Waals surface area contributed by atoms with E-state index in [9.17, 15) is 4.79 Å². The van der Waals surface area contributed by atoms with Crippen molar-refractivity contribution in [3.63, 3.8) is 0 Å². The molecule has 2 fully saturated rings. The van der Waals surface area contributed by atoms with E-state index < -0.39 is 5.97 Å². The zero-order chi connectivity index (χ0) is 14.7. The summed E-state index contributed by atoms with van der Waals surface area (Å²) in [7, 11) is 1.32. The van der Waals surface area contributed by atoms with Crippen molar-refractivity contribution >= 4 is 11.8 Å². The van der Waals surface area contributed by atoms with Crippen molar-refractivity contribution in [1.82, 2.24) is 14.9 Å². The highest BCUT2D eigenvalue weighted by Gasteiger charge is 2.31. The number of carbonyl (C=O) groups is 1. The highest BCUT2D eigenvalue weighted by atomic mass is 16.5. The molecule has 2 aliphatic rings. The number of nitrogens with zero attached hydrogens (tertiary/aromatic N) is 3. The van der Waals surface area contributed by atoms with E-state index in [0.29, 0.717) is 18.4 Å². The molecule has 2 aliphatic heterocycles. The monoisotopic (exact) mass is 292 g/mol. The van der Waals surface area contributed by atoms with Crippen LogP contribution in [0.1, 0.15) is 23.3 Å². The maximum absolute atomic E-state index is 11.3. The van der Waals surface area contributed by atoms with Gasteiger partial charge in [0.1, 0.15) is 5.82 Å². The fourth-order valence-electron chi connectivity index (χ4n) is 2.86. The topological polar surface area (TPSA) is 76.6 Å². The van der Waals surface area contributed by atoms with Crippen molar-refractivity contribution in [2.45, 2.75) is 25.0 Å². The van der Waals surface area contributed by atoms with Gasteiger partial charge in [0, 0.05) is 19.1 Å². The summed E-state index contributed by atoms with van der Waals surface area (Å²) in [6, 6.07) is 0.611. The molecule has 0 aliphatic carbocycles. The Bertz CT molecular complexity index is 493. The quantitative estimate of drug-likeness (QED) is 0.811. The second kappa shape index (κ2) is 6.36. The molecule has 0 aromatic carbocycles. The number of fused-ring (bicyclic) bond motifs is 1. The van der Waals surface area contributed by atoms with Gasteiger partial charge in [-0.3, -0.25) is 4.90 Å². The van der Waals surface area contributed by atoms with E-state index in [1.54, 1.807) is 0 Å². The first-order chi connectivity index (χ1) is 10.3. The standard InChI is InChI=1S/C14H20N4O3/c1-20-14(19)12-6-17-13(7-15-12)16-5-11-8-18-4-2-3-10(18)9-21-11/h6-7,10-11H,2-5,8-9H2,1H3,(H,16,17). The Morgan fingerprint density at radius 2 is 2.43 bits per heavy atom. The zero-order valence-corrected chi connectivity index (χ0v) is 12.1. The Morgan fingerprint density at radius 3 is 3.19 bits per heavy atom. The van der Waals surface area contributed by atoms with Crippen LogP contribution in [-0.4, -0.2) is 66.3 Å². The lowest BCUT2D eigenvalue weighted by Crippen LogP contribution is -2.48. The number of anilines is 1. The predicted octanol–water partition coefficient (Wildman–Crippen LogP) is 0.538. The van der Waals surface area contributed by atoms with Crippen molar-refractivity contribution in [3.8, 4) is 0 Å². The first-order valence-corrected chi connectivity index (χ1v) is 7.26. The molecule has 21 heavy (non-hydrogen) atoms. The first kappa shape index (κ1) is 14.2. The summed E-state index contributed by atoms with van der Waals surface area (Å²) in [6.45, 7) is 3.65. The van der Waals surface area contributed by atoms with Crippen molar-refractivity contribution in [2.24, 2.45) is 0 Å². The number of rotatable bonds is 4. The fourth-order valence-corrected chi connectivity index (χ4v) is 2.86. The van der Waals surface area contributed by atoms with E-state index in [1.165, 1.54) is 38.9 Å². The molecule has 7 nitrogen and oxygen atoms in total. The van der Waals surface area contributed by atoms with Crippen LogP contribution in [0.25, 0.3) is 0 Å². The molecule has 2 saturated heterocycles. The number of carbonyl (C=O) groups excluding carboxylic acids is 1. The molecular weight excluding hydrogens is 272 g/mol. The third-order valence-corrected chi connectivity index (χ3v) is 4.02. The minimum atomic E-state index is -0.482. The van der Waals surface area contributed by atoms with Gasteiger partial charge in [-0.25, -0.2) is 14.8 Å². The minimum absolute atomic E-state index is 0.168. The van der Waals surface area contributed by atoms with Gasteiger partial charge in [0.15, 0.2) is 5.69 Å². The van der Waals surface area contributed by atoms with E-state index in [2.05, 4.69) is 24.9 Å². The normalized spacial score (nSPS) is 25.4. The highest BCUT2D eigenvalue weighted by Crippen LogP contribution is 2.22. The van der Waals surface area contributed by atoms with E-state index in [1.807, 2.05) is 0 Å². The van der Waals surface area contributed by atoms with Gasteiger partial charge >= 0.3 is 5.97 Å². The lowest BCUT2D eigenvalue weighted by atomic mass is 10.2. The number of methoxy groups -OCH3 is 1. The van der Waals surface area contributed by atoms with E-state index >= 15 is 0 Å². The molecule has 0 spiro atoms. The lowest BCUT2D eigenvalue weighted by Gasteiger charge is -2.35. The van der Waals surface area contributed by atoms with Crippen molar-refractivity contribution in [1.29, 1.82) is 0 Å². The Morgan fingerprint density at radius 1 is 1.52 bits per heavy atom. The van der Waals surface area contributed by atoms with Crippen LogP contribution >= 0.6 is 0 Å². The maximum atomic E-state index is 11.3. The zero-order valence-electron chi connectivity index (χ0n) is 12.1. The average Bonchev–Trinajstić information content (AvgIpc) is 3.00. The van der Waals surface area contributed by atoms with E-state index in [0.717, 1.165) is 13.2 Å². The molecule has 2 atom stereocenters. The number of aromatic nitrogens is 2. The van der Waals surface area contributed by atoms with Gasteiger partial charge in [-0.15, -0.1) is 0 Å². The fraction of sp³-hybridized carbons (Fsp3) is 0.643. The second-order valence-electron chi connectivity index (χ2n) is 5.41. The van der Waals surface area contributed by atoms with Crippen LogP contribution in [0, 0.1) is 0 Å². The van der Waals surface area contributed by atoms with Gasteiger partial charge in [0.05, 0.1) is 32.2 Å². The number of hydrogen-bond donors (Lipinski definition) is 1. The van der Waals surface area contributed by atoms with Crippen molar-refractivity contribution in [3.05, 3.63) is 18.1 Å². The number of ether oxygens (including phenoxy) is 2. The van der Waals surface area contributed by atoms with Crippen LogP contribution in [0.15, 0.2) is 12.4 Å². The van der Waals surface area contributed by atoms with Crippen LogP contribution in [0.5, 0.6) is 0 Å². The molecule has 7 heteroatoms. The summed E-state index contributed by atoms with van der Waals surface area (Å²) >= 11 is 0. The number of hydrogen-bond acceptors (Lipinski definition) is 7. The number of nitrogens with one attached hydrogen (secondary N) is 1. The van der Waals surface area contributed by atoms with Crippen LogP contribution in [0.4, 0.5) is 5.82 Å². The lowest BCUT2D eigenvalue weighted by molar-refractivity contribution is -0.0416. The molecule has 0 bridgehead atoms. The largest absolute Gasteiger partial charge is 0.464 e. The average molecular weight is 292 g/mol. The Labute approximate surface area is 123 Å². The van der Waals surface area contributed by atoms with Gasteiger partial charge in [-0.05, 0) is 19.4 Å². The molecule has 0 saturated carbocycles. The predicted molar refractivity (Wildman–Crippen MR) is 76.2 cm³/mol. The van der Waals surface area contributed by atoms with Gasteiger partial charge in [-0.1, -0.05) is 0 Å². The van der Waals surface area contributed by atoms with Crippen molar-refractivity contribution < 1.29 is 14.3 Å². The molecule has 1 aromatic heterocycles. The van der Waals surface area contributed by atoms with Gasteiger partial charge < -0.3 is 14.8 Å². The molecule has 0 amide bonds. The van der Waals surface area contributed by atoms with Gasteiger partial charge in [0.25, 0.3) is 0 Å². The Kier molecular flexibility index (Phi) is 4.31. The van der Waals surface area contributed by atoms with Gasteiger partial charge in [0.2, 0.25) is 0 Å². The Hall–Kier alpha value is -1.73. The summed E-state index contributed by atoms with van der Waals surface area (Å²) in [5.74, 6) is 0.152. The van der Waals surface area contributed by atoms with Crippen LogP contribution in [-0.2, 0) is 9.47 Å². The summed E-state index contributed by atoms with van der Waals surface area (Å²) in [6.07, 6.45) is 5.64. The molecule has 114 valence electrons. The molecule has 1 N–H and O–H groups in total. The summed E-state index contributed by atoms with van der Waals surface area (Å²) in [4.78, 5) is 21.9. The molecular formula is C14H20N4O3. The third-order valence-electron chi connectivity index (χ3n) is 4.02. The smallest absolute Gasteiger partial charge is 0.358 e. The summed E-state index contributed by atoms with van der Waals surface area (Å²) < 4.78 is 10.5. The molecule has 3 heterocycles. The highest BCUT2D eigenvalue weighted by molar-refractivity contribution is 5.86. The number of esters is 1. The molecule has 1 aromatic rings. The Balaban J connectivity index is 1.50. The second-order valence-corrected chi connectivity index (χ2v) is 5.41. The van der Waals surface area contributed by atoms with E-state index in [4.69, 9.17) is 4.74 Å². The van der Waals surface area contributed by atoms with Gasteiger partial charge in [-0.2, -0.15) is 0 Å². The SMILES string of the molecule is COC(=O)c1cnc(NCC2CN3CCCC3CO2)cn1. The minimum Gasteiger partial charge on any atom is -0.464 e. The van der Waals surface area contributed by atoms with Crippen LogP contribution in [0.3, 0.4) is 0 Å². The molecule has 3 rings (SSSR count). The number of morpholine rings is 1. The third kappa shape index (κ3) is 3.30. The van der Waals surface area contributed by atoms with Crippen LogP contribution < -0.4 is 5.32 Å². The van der Waals surface area contributed by atoms with E-state index in [-0.39, 0.29) is 11.8 Å². The summed E-state index contributed by atoms with van der Waals surface area (Å²) in [5.41, 5.74) is 0.205. The maximum Gasteiger partial charge on any atom is 0.358 e.